The van der Waals surface area contributed by atoms with Gasteiger partial charge < -0.3 is 9.80 Å². The van der Waals surface area contributed by atoms with Gasteiger partial charge in [-0.1, -0.05) is 6.92 Å². The zero-order chi connectivity index (χ0) is 14.8. The van der Waals surface area contributed by atoms with Gasteiger partial charge in [-0.25, -0.2) is 5.84 Å². The first kappa shape index (κ1) is 14.3. The second-order valence-electron chi connectivity index (χ2n) is 6.27. The zero-order valence-electron chi connectivity index (χ0n) is 12.9. The molecule has 0 aliphatic carbocycles. The highest BCUT2D eigenvalue weighted by molar-refractivity contribution is 5.46. The van der Waals surface area contributed by atoms with Crippen LogP contribution in [0.25, 0.3) is 0 Å². The molecule has 2 unspecified atom stereocenters. The molecule has 2 saturated heterocycles. The van der Waals surface area contributed by atoms with E-state index >= 15 is 0 Å². The topological polar surface area (TPSA) is 83.2 Å². The van der Waals surface area contributed by atoms with Gasteiger partial charge in [0.2, 0.25) is 17.8 Å². The lowest BCUT2D eigenvalue weighted by molar-refractivity contribution is 0.374. The lowest BCUT2D eigenvalue weighted by atomic mass is 9.94. The molecule has 0 aromatic carbocycles. The van der Waals surface area contributed by atoms with Crippen LogP contribution in [0.15, 0.2) is 0 Å². The largest absolute Gasteiger partial charge is 0.341 e. The van der Waals surface area contributed by atoms with Crippen LogP contribution in [0.3, 0.4) is 0 Å². The summed E-state index contributed by atoms with van der Waals surface area (Å²) in [5.74, 6) is 8.25. The van der Waals surface area contributed by atoms with Crippen molar-refractivity contribution in [2.45, 2.75) is 45.6 Å². The number of nitrogen functional groups attached to an aromatic ring is 1. The van der Waals surface area contributed by atoms with Crippen molar-refractivity contribution >= 4 is 17.8 Å². The maximum absolute atomic E-state index is 5.53. The Morgan fingerprint density at radius 1 is 1.05 bits per heavy atom. The monoisotopic (exact) mass is 291 g/mol. The first-order valence-corrected chi connectivity index (χ1v) is 7.91. The number of rotatable bonds is 3. The number of piperidine rings is 1. The van der Waals surface area contributed by atoms with Crippen LogP contribution < -0.4 is 21.1 Å². The van der Waals surface area contributed by atoms with Crippen molar-refractivity contribution in [2.24, 2.45) is 11.8 Å². The Balaban J connectivity index is 1.88. The molecule has 116 valence electrons. The van der Waals surface area contributed by atoms with E-state index in [1.165, 1.54) is 25.7 Å². The average molecular weight is 291 g/mol. The molecule has 0 saturated carbocycles. The number of nitrogens with zero attached hydrogens (tertiary/aromatic N) is 5. The van der Waals surface area contributed by atoms with Gasteiger partial charge in [-0.3, -0.25) is 5.43 Å². The maximum Gasteiger partial charge on any atom is 0.243 e. The van der Waals surface area contributed by atoms with Crippen LogP contribution in [0.4, 0.5) is 17.8 Å². The highest BCUT2D eigenvalue weighted by atomic mass is 15.4. The van der Waals surface area contributed by atoms with Gasteiger partial charge in [-0.15, -0.1) is 0 Å². The van der Waals surface area contributed by atoms with Crippen LogP contribution in [0.2, 0.25) is 0 Å². The van der Waals surface area contributed by atoms with Gasteiger partial charge in [0.25, 0.3) is 0 Å². The number of hydrazine groups is 1. The predicted octanol–water partition coefficient (Wildman–Crippen LogP) is 1.38. The van der Waals surface area contributed by atoms with Crippen molar-refractivity contribution in [1.82, 2.24) is 15.0 Å². The Hall–Kier alpha value is -1.63. The SMILES string of the molecule is CC1CCN(c2nc(NN)nc(N3CCCC3)n2)C(C)C1. The van der Waals surface area contributed by atoms with Crippen molar-refractivity contribution in [3.05, 3.63) is 0 Å². The molecule has 2 atom stereocenters. The Morgan fingerprint density at radius 3 is 2.43 bits per heavy atom. The van der Waals surface area contributed by atoms with Crippen molar-refractivity contribution in [3.8, 4) is 0 Å². The fourth-order valence-corrected chi connectivity index (χ4v) is 3.31. The molecular formula is C14H25N7. The summed E-state index contributed by atoms with van der Waals surface area (Å²) in [6.07, 6.45) is 4.75. The van der Waals surface area contributed by atoms with E-state index in [0.29, 0.717) is 12.0 Å². The quantitative estimate of drug-likeness (QED) is 0.643. The summed E-state index contributed by atoms with van der Waals surface area (Å²) in [4.78, 5) is 18.1. The zero-order valence-corrected chi connectivity index (χ0v) is 12.9. The molecule has 0 bridgehead atoms. The summed E-state index contributed by atoms with van der Waals surface area (Å²) < 4.78 is 0. The summed E-state index contributed by atoms with van der Waals surface area (Å²) in [5.41, 5.74) is 2.58. The van der Waals surface area contributed by atoms with Crippen LogP contribution in [0.5, 0.6) is 0 Å². The lowest BCUT2D eigenvalue weighted by Crippen LogP contribution is -2.41. The fraction of sp³-hybridized carbons (Fsp3) is 0.786. The van der Waals surface area contributed by atoms with E-state index in [9.17, 15) is 0 Å². The van der Waals surface area contributed by atoms with Crippen LogP contribution in [0, 0.1) is 5.92 Å². The molecular weight excluding hydrogens is 266 g/mol. The number of hydrogen-bond acceptors (Lipinski definition) is 7. The molecule has 7 nitrogen and oxygen atoms in total. The molecule has 7 heteroatoms. The van der Waals surface area contributed by atoms with Gasteiger partial charge in [-0.2, -0.15) is 15.0 Å². The highest BCUT2D eigenvalue weighted by Gasteiger charge is 2.26. The number of anilines is 3. The van der Waals surface area contributed by atoms with Crippen LogP contribution in [-0.4, -0.2) is 40.6 Å². The number of nitrogens with one attached hydrogen (secondary N) is 1. The molecule has 0 spiro atoms. The molecule has 2 fully saturated rings. The first-order valence-electron chi connectivity index (χ1n) is 7.91. The van der Waals surface area contributed by atoms with Crippen molar-refractivity contribution in [2.75, 3.05) is 34.9 Å². The highest BCUT2D eigenvalue weighted by Crippen LogP contribution is 2.27. The van der Waals surface area contributed by atoms with Gasteiger partial charge in [0.1, 0.15) is 0 Å². The molecule has 0 amide bonds. The maximum atomic E-state index is 5.53. The van der Waals surface area contributed by atoms with E-state index in [1.807, 2.05) is 0 Å². The minimum Gasteiger partial charge on any atom is -0.341 e. The lowest BCUT2D eigenvalue weighted by Gasteiger charge is -2.36. The van der Waals surface area contributed by atoms with Gasteiger partial charge in [-0.05, 0) is 38.5 Å². The molecule has 2 aliphatic heterocycles. The molecule has 3 heterocycles. The molecule has 1 aromatic heterocycles. The first-order chi connectivity index (χ1) is 10.2. The van der Waals surface area contributed by atoms with Gasteiger partial charge in [0, 0.05) is 25.7 Å². The Bertz CT molecular complexity index is 486. The van der Waals surface area contributed by atoms with E-state index in [-0.39, 0.29) is 0 Å². The smallest absolute Gasteiger partial charge is 0.243 e. The average Bonchev–Trinajstić information content (AvgIpc) is 3.01. The van der Waals surface area contributed by atoms with E-state index in [1.54, 1.807) is 0 Å². The van der Waals surface area contributed by atoms with Gasteiger partial charge in [0.05, 0.1) is 0 Å². The minimum atomic E-state index is 0.452. The van der Waals surface area contributed by atoms with Gasteiger partial charge >= 0.3 is 0 Å². The second-order valence-corrected chi connectivity index (χ2v) is 6.27. The molecule has 2 aliphatic rings. The van der Waals surface area contributed by atoms with E-state index < -0.39 is 0 Å². The number of nitrogens with two attached hydrogens (primary N) is 1. The van der Waals surface area contributed by atoms with Crippen LogP contribution >= 0.6 is 0 Å². The summed E-state index contributed by atoms with van der Waals surface area (Å²) in [6.45, 7) is 7.57. The molecule has 1 aromatic rings. The normalized spacial score (nSPS) is 26.2. The van der Waals surface area contributed by atoms with Crippen molar-refractivity contribution in [1.29, 1.82) is 0 Å². The van der Waals surface area contributed by atoms with Crippen molar-refractivity contribution in [3.63, 3.8) is 0 Å². The van der Waals surface area contributed by atoms with Crippen molar-refractivity contribution < 1.29 is 0 Å². The van der Waals surface area contributed by atoms with E-state index in [2.05, 4.69) is 39.0 Å². The van der Waals surface area contributed by atoms with Crippen LogP contribution in [-0.2, 0) is 0 Å². The van der Waals surface area contributed by atoms with E-state index in [4.69, 9.17) is 10.8 Å². The Labute approximate surface area is 125 Å². The minimum absolute atomic E-state index is 0.452. The fourth-order valence-electron chi connectivity index (χ4n) is 3.31. The second kappa shape index (κ2) is 6.01. The standard InChI is InChI=1S/C14H25N7/c1-10-5-8-21(11(2)9-10)14-17-12(19-15)16-13(18-14)20-6-3-4-7-20/h10-11H,3-9,15H2,1-2H3,(H,16,17,18,19). The third kappa shape index (κ3) is 3.02. The summed E-state index contributed by atoms with van der Waals surface area (Å²) in [6, 6.07) is 0.452. The third-order valence-electron chi connectivity index (χ3n) is 4.53. The molecule has 0 radical (unpaired) electrons. The predicted molar refractivity (Wildman–Crippen MR) is 84.3 cm³/mol. The van der Waals surface area contributed by atoms with E-state index in [0.717, 1.165) is 37.4 Å². The Kier molecular flexibility index (Phi) is 4.10. The Morgan fingerprint density at radius 2 is 1.76 bits per heavy atom. The summed E-state index contributed by atoms with van der Waals surface area (Å²) in [7, 11) is 0. The third-order valence-corrected chi connectivity index (χ3v) is 4.53. The molecule has 21 heavy (non-hydrogen) atoms. The van der Waals surface area contributed by atoms with Crippen LogP contribution in [0.1, 0.15) is 39.5 Å². The van der Waals surface area contributed by atoms with Gasteiger partial charge in [0.15, 0.2) is 0 Å². The summed E-state index contributed by atoms with van der Waals surface area (Å²) in [5, 5.41) is 0. The molecule has 3 N–H and O–H groups in total. The molecule has 3 rings (SSSR count). The number of aromatic nitrogens is 3. The summed E-state index contributed by atoms with van der Waals surface area (Å²) >= 11 is 0. The number of hydrogen-bond donors (Lipinski definition) is 2.